The van der Waals surface area contributed by atoms with E-state index in [2.05, 4.69) is 28.9 Å². The summed E-state index contributed by atoms with van der Waals surface area (Å²) < 4.78 is 5.29. The highest BCUT2D eigenvalue weighted by atomic mass is 16.5. The van der Waals surface area contributed by atoms with Crippen LogP contribution in [0.25, 0.3) is 0 Å². The molecule has 1 heterocycles. The number of fused-ring (bicyclic) bond motifs is 3. The number of carbonyl (C=O) groups is 2. The molecule has 4 atom stereocenters. The summed E-state index contributed by atoms with van der Waals surface area (Å²) in [5, 5.41) is 10.1. The molecule has 3 saturated carbocycles. The third-order valence-electron chi connectivity index (χ3n) is 7.83. The molecule has 1 aliphatic heterocycles. The van der Waals surface area contributed by atoms with Crippen LogP contribution < -0.4 is 20.7 Å². The zero-order chi connectivity index (χ0) is 22.3. The van der Waals surface area contributed by atoms with E-state index in [4.69, 9.17) is 4.74 Å². The number of ether oxygens (including phenoxy) is 1. The second kappa shape index (κ2) is 7.84. The van der Waals surface area contributed by atoms with Gasteiger partial charge < -0.3 is 20.7 Å². The van der Waals surface area contributed by atoms with Gasteiger partial charge in [-0.1, -0.05) is 31.2 Å². The number of hydrogen-bond acceptors (Lipinski definition) is 4. The molecule has 3 fully saturated rings. The van der Waals surface area contributed by atoms with Crippen molar-refractivity contribution in [3.63, 3.8) is 0 Å². The van der Waals surface area contributed by atoms with Gasteiger partial charge in [0.2, 0.25) is 5.91 Å². The highest BCUT2D eigenvalue weighted by Gasteiger charge is 2.60. The van der Waals surface area contributed by atoms with E-state index in [1.54, 1.807) is 7.11 Å². The number of para-hydroxylation sites is 1. The van der Waals surface area contributed by atoms with Crippen LogP contribution >= 0.6 is 0 Å². The summed E-state index contributed by atoms with van der Waals surface area (Å²) in [6, 6.07) is 15.6. The first kappa shape index (κ1) is 20.9. The van der Waals surface area contributed by atoms with E-state index in [-0.39, 0.29) is 29.1 Å². The third-order valence-corrected chi connectivity index (χ3v) is 7.83. The number of hydrogen-bond donors (Lipinski definition) is 3. The fourth-order valence-electron chi connectivity index (χ4n) is 6.13. The summed E-state index contributed by atoms with van der Waals surface area (Å²) in [5.41, 5.74) is 2.12. The highest BCUT2D eigenvalue weighted by molar-refractivity contribution is 6.02. The Kier molecular flexibility index (Phi) is 5.11. The summed E-state index contributed by atoms with van der Waals surface area (Å²) in [4.78, 5) is 26.0. The van der Waals surface area contributed by atoms with Crippen molar-refractivity contribution in [2.24, 2.45) is 17.3 Å². The second-order valence-corrected chi connectivity index (χ2v) is 9.84. The molecule has 2 amide bonds. The zero-order valence-corrected chi connectivity index (χ0v) is 18.7. The van der Waals surface area contributed by atoms with Crippen LogP contribution in [-0.4, -0.2) is 31.1 Å². The van der Waals surface area contributed by atoms with Crippen molar-refractivity contribution in [3.05, 3.63) is 59.7 Å². The molecule has 6 nitrogen and oxygen atoms in total. The van der Waals surface area contributed by atoms with Crippen molar-refractivity contribution in [3.8, 4) is 5.75 Å². The lowest BCUT2D eigenvalue weighted by Crippen LogP contribution is -2.70. The normalized spacial score (nSPS) is 30.2. The summed E-state index contributed by atoms with van der Waals surface area (Å²) in [7, 11) is 1.66. The fourth-order valence-corrected chi connectivity index (χ4v) is 6.13. The number of rotatable bonds is 5. The Bertz CT molecular complexity index is 1050. The topological polar surface area (TPSA) is 79.5 Å². The molecule has 0 aromatic heterocycles. The van der Waals surface area contributed by atoms with Crippen LogP contribution in [0.2, 0.25) is 0 Å². The van der Waals surface area contributed by atoms with E-state index in [0.29, 0.717) is 12.1 Å². The minimum absolute atomic E-state index is 0.0187. The SMILES string of the molecule is COc1cccc(CCNC(=O)[C@@H]2C[C@H]3CC[C@@]2(C)C[C@]32NC(=O)c3ccccc3N2)c1. The number of amides is 2. The van der Waals surface area contributed by atoms with Crippen molar-refractivity contribution in [1.29, 1.82) is 0 Å². The average molecular weight is 434 g/mol. The summed E-state index contributed by atoms with van der Waals surface area (Å²) in [6.45, 7) is 2.82. The Morgan fingerprint density at radius 1 is 1.19 bits per heavy atom. The van der Waals surface area contributed by atoms with Gasteiger partial charge in [-0.3, -0.25) is 9.59 Å². The van der Waals surface area contributed by atoms with E-state index >= 15 is 0 Å². The predicted molar refractivity (Wildman–Crippen MR) is 124 cm³/mol. The van der Waals surface area contributed by atoms with Crippen LogP contribution in [0, 0.1) is 17.3 Å². The van der Waals surface area contributed by atoms with E-state index < -0.39 is 5.66 Å². The molecular weight excluding hydrogens is 402 g/mol. The lowest BCUT2D eigenvalue weighted by molar-refractivity contribution is -0.139. The maximum absolute atomic E-state index is 13.2. The molecule has 1 spiro atoms. The number of nitrogens with one attached hydrogen (secondary N) is 3. The van der Waals surface area contributed by atoms with Crippen molar-refractivity contribution in [2.75, 3.05) is 19.0 Å². The first-order valence-electron chi connectivity index (χ1n) is 11.5. The van der Waals surface area contributed by atoms with Gasteiger partial charge in [0.15, 0.2) is 0 Å². The summed E-state index contributed by atoms with van der Waals surface area (Å²) in [6.07, 6.45) is 4.34. The summed E-state index contributed by atoms with van der Waals surface area (Å²) >= 11 is 0. The number of methoxy groups -OCH3 is 1. The Hall–Kier alpha value is -3.02. The molecule has 3 N–H and O–H groups in total. The quantitative estimate of drug-likeness (QED) is 0.671. The molecule has 0 unspecified atom stereocenters. The second-order valence-electron chi connectivity index (χ2n) is 9.84. The first-order chi connectivity index (χ1) is 15.4. The molecule has 0 radical (unpaired) electrons. The molecule has 4 aliphatic rings. The van der Waals surface area contributed by atoms with Crippen molar-refractivity contribution in [1.82, 2.24) is 10.6 Å². The maximum atomic E-state index is 13.2. The smallest absolute Gasteiger partial charge is 0.255 e. The molecule has 2 aromatic carbocycles. The molecule has 168 valence electrons. The van der Waals surface area contributed by atoms with Crippen LogP contribution in [0.3, 0.4) is 0 Å². The Morgan fingerprint density at radius 3 is 2.84 bits per heavy atom. The Balaban J connectivity index is 1.26. The molecule has 32 heavy (non-hydrogen) atoms. The van der Waals surface area contributed by atoms with Gasteiger partial charge in [0.25, 0.3) is 5.91 Å². The molecule has 6 heteroatoms. The fraction of sp³-hybridized carbons (Fsp3) is 0.462. The van der Waals surface area contributed by atoms with Gasteiger partial charge in [-0.15, -0.1) is 0 Å². The third kappa shape index (κ3) is 3.51. The molecule has 3 aliphatic carbocycles. The molecular formula is C26H31N3O3. The minimum atomic E-state index is -0.462. The van der Waals surface area contributed by atoms with Gasteiger partial charge in [-0.05, 0) is 67.3 Å². The van der Waals surface area contributed by atoms with E-state index in [9.17, 15) is 9.59 Å². The molecule has 0 saturated heterocycles. The molecule has 2 bridgehead atoms. The van der Waals surface area contributed by atoms with E-state index in [1.807, 2.05) is 42.5 Å². The number of benzene rings is 2. The number of carbonyl (C=O) groups excluding carboxylic acids is 2. The van der Waals surface area contributed by atoms with Gasteiger partial charge in [-0.25, -0.2) is 0 Å². The van der Waals surface area contributed by atoms with Crippen LogP contribution in [0.5, 0.6) is 5.75 Å². The monoisotopic (exact) mass is 433 g/mol. The minimum Gasteiger partial charge on any atom is -0.497 e. The van der Waals surface area contributed by atoms with Crippen molar-refractivity contribution in [2.45, 2.75) is 44.7 Å². The molecule has 6 rings (SSSR count). The zero-order valence-electron chi connectivity index (χ0n) is 18.7. The predicted octanol–water partition coefficient (Wildman–Crippen LogP) is 3.73. The highest BCUT2D eigenvalue weighted by Crippen LogP contribution is 2.58. The molecule has 2 aromatic rings. The average Bonchev–Trinajstić information content (AvgIpc) is 2.79. The van der Waals surface area contributed by atoms with Crippen LogP contribution in [0.4, 0.5) is 5.69 Å². The van der Waals surface area contributed by atoms with Gasteiger partial charge in [0.05, 0.1) is 12.7 Å². The van der Waals surface area contributed by atoms with Crippen LogP contribution in [0.1, 0.15) is 48.5 Å². The largest absolute Gasteiger partial charge is 0.497 e. The lowest BCUT2D eigenvalue weighted by atomic mass is 9.51. The summed E-state index contributed by atoms with van der Waals surface area (Å²) in [5.74, 6) is 1.15. The van der Waals surface area contributed by atoms with Gasteiger partial charge >= 0.3 is 0 Å². The van der Waals surface area contributed by atoms with E-state index in [0.717, 1.165) is 49.1 Å². The standard InChI is InChI=1S/C26H31N3O3/c1-25-12-10-18(26(16-25)28-22-9-4-3-8-20(22)23(30)29-26)15-21(25)24(31)27-13-11-17-6-5-7-19(14-17)32-2/h3-9,14,18,21,28H,10-13,15-16H2,1-2H3,(H,27,31)(H,29,30)/t18-,21+,25+,26+/m1/s1. The van der Waals surface area contributed by atoms with Gasteiger partial charge in [0, 0.05) is 24.1 Å². The van der Waals surface area contributed by atoms with Gasteiger partial charge in [0.1, 0.15) is 11.4 Å². The first-order valence-corrected chi connectivity index (χ1v) is 11.5. The number of anilines is 1. The van der Waals surface area contributed by atoms with Crippen LogP contribution in [-0.2, 0) is 11.2 Å². The lowest BCUT2D eigenvalue weighted by Gasteiger charge is -2.60. The maximum Gasteiger partial charge on any atom is 0.255 e. The van der Waals surface area contributed by atoms with E-state index in [1.165, 1.54) is 0 Å². The Labute approximate surface area is 189 Å². The van der Waals surface area contributed by atoms with Crippen molar-refractivity contribution < 1.29 is 14.3 Å². The van der Waals surface area contributed by atoms with Gasteiger partial charge in [-0.2, -0.15) is 0 Å². The van der Waals surface area contributed by atoms with Crippen molar-refractivity contribution >= 4 is 17.5 Å². The Morgan fingerprint density at radius 2 is 2.03 bits per heavy atom. The van der Waals surface area contributed by atoms with Crippen LogP contribution in [0.15, 0.2) is 48.5 Å².